The number of unbranched alkanes of at least 4 members (excludes halogenated alkanes) is 2. The number of hydrogen-bond acceptors (Lipinski definition) is 0. The molecular weight excluding hydrogens is 160 g/mol. The minimum absolute atomic E-state index is 1.07. The summed E-state index contributed by atoms with van der Waals surface area (Å²) in [6.07, 6.45) is 5.56. The maximum atomic E-state index is 3.76. The fraction of sp³-hybridized carbons (Fsp3) is 0.636. The zero-order valence-corrected chi connectivity index (χ0v) is 9.61. The molecule has 1 heteroatoms. The van der Waals surface area contributed by atoms with Crippen molar-refractivity contribution in [1.29, 1.82) is 0 Å². The largest absolute Gasteiger partial charge is 0.136 e. The van der Waals surface area contributed by atoms with Gasteiger partial charge in [-0.15, -0.1) is 18.0 Å². The van der Waals surface area contributed by atoms with Gasteiger partial charge in [-0.3, -0.25) is 0 Å². The highest BCUT2D eigenvalue weighted by atomic mass is 28.3. The van der Waals surface area contributed by atoms with E-state index in [1.165, 1.54) is 12.8 Å². The minimum atomic E-state index is -1.23. The van der Waals surface area contributed by atoms with E-state index in [1.54, 1.807) is 0 Å². The molecule has 0 radical (unpaired) electrons. The molecule has 0 rings (SSSR count). The molecule has 68 valence electrons. The van der Waals surface area contributed by atoms with Crippen LogP contribution < -0.4 is 0 Å². The lowest BCUT2D eigenvalue weighted by molar-refractivity contribution is 0.828. The van der Waals surface area contributed by atoms with E-state index in [2.05, 4.69) is 38.1 Å². The molecule has 0 aromatic heterocycles. The van der Waals surface area contributed by atoms with Gasteiger partial charge in [-0.05, 0) is 12.5 Å². The second-order valence-corrected chi connectivity index (χ2v) is 8.21. The van der Waals surface area contributed by atoms with Gasteiger partial charge in [0.2, 0.25) is 0 Å². The zero-order chi connectivity index (χ0) is 9.45. The third-order valence-electron chi connectivity index (χ3n) is 1.74. The Morgan fingerprint density at radius 2 is 2.08 bits per heavy atom. The third-order valence-corrected chi connectivity index (χ3v) is 3.90. The van der Waals surface area contributed by atoms with E-state index < -0.39 is 8.07 Å². The van der Waals surface area contributed by atoms with Crippen LogP contribution in [0.15, 0.2) is 12.7 Å². The van der Waals surface area contributed by atoms with Crippen LogP contribution in [0.25, 0.3) is 0 Å². The molecule has 0 aromatic rings. The summed E-state index contributed by atoms with van der Waals surface area (Å²) >= 11 is 0. The Kier molecular flexibility index (Phi) is 5.83. The third kappa shape index (κ3) is 6.24. The molecule has 0 N–H and O–H groups in total. The van der Waals surface area contributed by atoms with E-state index in [1.807, 2.05) is 6.08 Å². The highest BCUT2D eigenvalue weighted by Gasteiger charge is 2.14. The van der Waals surface area contributed by atoms with Gasteiger partial charge in [-0.1, -0.05) is 32.5 Å². The Hall–Kier alpha value is -0.483. The fourth-order valence-electron chi connectivity index (χ4n) is 0.979. The maximum Gasteiger partial charge on any atom is 0.136 e. The van der Waals surface area contributed by atoms with Crippen LogP contribution in [0.2, 0.25) is 19.1 Å². The van der Waals surface area contributed by atoms with Gasteiger partial charge in [0.05, 0.1) is 0 Å². The Labute approximate surface area is 78.1 Å². The van der Waals surface area contributed by atoms with Crippen LogP contribution in [0.4, 0.5) is 0 Å². The molecular formula is C11H20Si. The Bertz CT molecular complexity index is 181. The first-order valence-corrected chi connectivity index (χ1v) is 7.94. The van der Waals surface area contributed by atoms with Crippen molar-refractivity contribution >= 4 is 8.07 Å². The number of hydrogen-bond donors (Lipinski definition) is 0. The molecule has 12 heavy (non-hydrogen) atoms. The molecule has 0 aromatic carbocycles. The van der Waals surface area contributed by atoms with Gasteiger partial charge >= 0.3 is 0 Å². The smallest absolute Gasteiger partial charge is 0.131 e. The van der Waals surface area contributed by atoms with Gasteiger partial charge in [-0.2, -0.15) is 0 Å². The van der Waals surface area contributed by atoms with Gasteiger partial charge in [0, 0.05) is 6.42 Å². The summed E-state index contributed by atoms with van der Waals surface area (Å²) in [7, 11) is -1.23. The highest BCUT2D eigenvalue weighted by molar-refractivity contribution is 6.85. The van der Waals surface area contributed by atoms with E-state index in [-0.39, 0.29) is 0 Å². The van der Waals surface area contributed by atoms with Crippen molar-refractivity contribution in [2.24, 2.45) is 0 Å². The summed E-state index contributed by atoms with van der Waals surface area (Å²) < 4.78 is 0. The lowest BCUT2D eigenvalue weighted by Gasteiger charge is -2.10. The predicted octanol–water partition coefficient (Wildman–Crippen LogP) is 3.61. The van der Waals surface area contributed by atoms with Crippen LogP contribution in [0.3, 0.4) is 0 Å². The van der Waals surface area contributed by atoms with Crippen LogP contribution in [-0.4, -0.2) is 8.07 Å². The summed E-state index contributed by atoms with van der Waals surface area (Å²) in [6.45, 7) is 10.6. The van der Waals surface area contributed by atoms with Gasteiger partial charge in [0.25, 0.3) is 0 Å². The summed E-state index contributed by atoms with van der Waals surface area (Å²) in [5.41, 5.74) is 3.41. The minimum Gasteiger partial charge on any atom is -0.131 e. The second kappa shape index (κ2) is 6.08. The van der Waals surface area contributed by atoms with Crippen molar-refractivity contribution in [3.8, 4) is 11.5 Å². The average Bonchev–Trinajstić information content (AvgIpc) is 1.98. The van der Waals surface area contributed by atoms with Gasteiger partial charge < -0.3 is 0 Å². The second-order valence-electron chi connectivity index (χ2n) is 3.78. The van der Waals surface area contributed by atoms with Crippen molar-refractivity contribution in [1.82, 2.24) is 0 Å². The molecule has 0 bridgehead atoms. The van der Waals surface area contributed by atoms with E-state index >= 15 is 0 Å². The summed E-state index contributed by atoms with van der Waals surface area (Å²) in [6, 6.07) is 1.12. The van der Waals surface area contributed by atoms with Crippen molar-refractivity contribution < 1.29 is 0 Å². The van der Waals surface area contributed by atoms with Gasteiger partial charge in [0.15, 0.2) is 0 Å². The standard InChI is InChI=1S/C11H20Si/c1-5-7-8-9-11-12(3,4)10-6-2/h6H,2,5,7-8,10H2,1,3-4H3. The van der Waals surface area contributed by atoms with Crippen LogP contribution >= 0.6 is 0 Å². The van der Waals surface area contributed by atoms with Crippen molar-refractivity contribution in [2.75, 3.05) is 0 Å². The quantitative estimate of drug-likeness (QED) is 0.268. The van der Waals surface area contributed by atoms with Crippen LogP contribution in [-0.2, 0) is 0 Å². The SMILES string of the molecule is C=CC[Si](C)(C)C#CCCCC. The first-order chi connectivity index (χ1) is 5.62. The van der Waals surface area contributed by atoms with Gasteiger partial charge in [-0.25, -0.2) is 0 Å². The predicted molar refractivity (Wildman–Crippen MR) is 59.8 cm³/mol. The molecule has 0 aliphatic heterocycles. The molecule has 0 saturated heterocycles. The molecule has 0 amide bonds. The van der Waals surface area contributed by atoms with Crippen molar-refractivity contribution in [3.05, 3.63) is 12.7 Å². The van der Waals surface area contributed by atoms with E-state index in [0.717, 1.165) is 12.5 Å². The van der Waals surface area contributed by atoms with Crippen molar-refractivity contribution in [2.45, 2.75) is 45.3 Å². The lowest BCUT2D eigenvalue weighted by atomic mass is 10.3. The molecule has 0 saturated carbocycles. The summed E-state index contributed by atoms with van der Waals surface area (Å²) in [5.74, 6) is 3.28. The van der Waals surface area contributed by atoms with E-state index in [4.69, 9.17) is 0 Å². The monoisotopic (exact) mass is 180 g/mol. The summed E-state index contributed by atoms with van der Waals surface area (Å²) in [4.78, 5) is 0. The number of allylic oxidation sites excluding steroid dienone is 1. The lowest BCUT2D eigenvalue weighted by Crippen LogP contribution is -2.21. The topological polar surface area (TPSA) is 0 Å². The molecule has 0 aliphatic rings. The van der Waals surface area contributed by atoms with Crippen LogP contribution in [0, 0.1) is 11.5 Å². The molecule has 0 spiro atoms. The summed E-state index contributed by atoms with van der Waals surface area (Å²) in [5, 5.41) is 0. The molecule has 0 unspecified atom stereocenters. The van der Waals surface area contributed by atoms with Crippen LogP contribution in [0.5, 0.6) is 0 Å². The molecule has 0 atom stereocenters. The average molecular weight is 180 g/mol. The Morgan fingerprint density at radius 1 is 1.42 bits per heavy atom. The van der Waals surface area contributed by atoms with E-state index in [9.17, 15) is 0 Å². The van der Waals surface area contributed by atoms with Gasteiger partial charge in [0.1, 0.15) is 8.07 Å². The molecule has 0 aliphatic carbocycles. The molecule has 0 fully saturated rings. The van der Waals surface area contributed by atoms with Crippen molar-refractivity contribution in [3.63, 3.8) is 0 Å². The Balaban J connectivity index is 3.82. The number of rotatable bonds is 4. The van der Waals surface area contributed by atoms with E-state index in [0.29, 0.717) is 0 Å². The normalized spacial score (nSPS) is 10.2. The molecule has 0 nitrogen and oxygen atoms in total. The Morgan fingerprint density at radius 3 is 2.58 bits per heavy atom. The molecule has 0 heterocycles. The first-order valence-electron chi connectivity index (χ1n) is 4.73. The first kappa shape index (κ1) is 11.5. The highest BCUT2D eigenvalue weighted by Crippen LogP contribution is 2.07. The zero-order valence-electron chi connectivity index (χ0n) is 8.61. The maximum absolute atomic E-state index is 3.76. The van der Waals surface area contributed by atoms with Crippen LogP contribution in [0.1, 0.15) is 26.2 Å². The fourth-order valence-corrected chi connectivity index (χ4v) is 2.41.